The molecule has 6 heteroatoms. The van der Waals surface area contributed by atoms with E-state index in [0.29, 0.717) is 11.3 Å². The molecule has 0 spiro atoms. The predicted octanol–water partition coefficient (Wildman–Crippen LogP) is 2.65. The Balaban J connectivity index is 1.57. The van der Waals surface area contributed by atoms with Crippen molar-refractivity contribution in [1.29, 1.82) is 0 Å². The molecule has 0 N–H and O–H groups in total. The standard InChI is InChI=1S/C15H22N4OS/c1-2-4-13(5-3-1)21-15-17-16-14(19(15)12-6-7-12)18-8-10-20-11-9-18/h2,4,12-13H,1,3,5-11H2. The van der Waals surface area contributed by atoms with Crippen molar-refractivity contribution in [3.8, 4) is 0 Å². The van der Waals surface area contributed by atoms with Gasteiger partial charge < -0.3 is 9.64 Å². The molecule has 1 aromatic heterocycles. The summed E-state index contributed by atoms with van der Waals surface area (Å²) in [5.41, 5.74) is 0. The lowest BCUT2D eigenvalue weighted by Crippen LogP contribution is -2.38. The third-order valence-corrected chi connectivity index (χ3v) is 5.50. The Morgan fingerprint density at radius 2 is 2.00 bits per heavy atom. The van der Waals surface area contributed by atoms with Gasteiger partial charge in [-0.1, -0.05) is 23.9 Å². The van der Waals surface area contributed by atoms with E-state index in [1.807, 2.05) is 11.8 Å². The van der Waals surface area contributed by atoms with E-state index in [2.05, 4.69) is 31.8 Å². The molecule has 1 aromatic rings. The number of thioether (sulfide) groups is 1. The van der Waals surface area contributed by atoms with Gasteiger partial charge in [0.1, 0.15) is 0 Å². The number of aromatic nitrogens is 3. The van der Waals surface area contributed by atoms with Crippen molar-refractivity contribution in [2.45, 2.75) is 48.6 Å². The maximum absolute atomic E-state index is 5.45. The van der Waals surface area contributed by atoms with Crippen molar-refractivity contribution in [3.05, 3.63) is 12.2 Å². The van der Waals surface area contributed by atoms with Gasteiger partial charge in [-0.3, -0.25) is 4.57 Å². The summed E-state index contributed by atoms with van der Waals surface area (Å²) in [6, 6.07) is 0.618. The maximum atomic E-state index is 5.45. The summed E-state index contributed by atoms with van der Waals surface area (Å²) in [4.78, 5) is 2.33. The molecule has 0 radical (unpaired) electrons. The fraction of sp³-hybridized carbons (Fsp3) is 0.733. The first kappa shape index (κ1) is 13.6. The smallest absolute Gasteiger partial charge is 0.228 e. The summed E-state index contributed by atoms with van der Waals surface area (Å²) in [5.74, 6) is 1.06. The molecule has 114 valence electrons. The summed E-state index contributed by atoms with van der Waals surface area (Å²) in [7, 11) is 0. The zero-order valence-electron chi connectivity index (χ0n) is 12.3. The first-order valence-corrected chi connectivity index (χ1v) is 8.91. The molecule has 1 saturated heterocycles. The quantitative estimate of drug-likeness (QED) is 0.800. The van der Waals surface area contributed by atoms with Crippen LogP contribution in [0.5, 0.6) is 0 Å². The number of hydrogen-bond acceptors (Lipinski definition) is 5. The van der Waals surface area contributed by atoms with Crippen molar-refractivity contribution < 1.29 is 4.74 Å². The first-order chi connectivity index (χ1) is 10.4. The maximum Gasteiger partial charge on any atom is 0.228 e. The Hall–Kier alpha value is -1.01. The Kier molecular flexibility index (Phi) is 3.90. The highest BCUT2D eigenvalue weighted by Crippen LogP contribution is 2.42. The van der Waals surface area contributed by atoms with Crippen LogP contribution in [0, 0.1) is 0 Å². The summed E-state index contributed by atoms with van der Waals surface area (Å²) in [5, 5.41) is 10.7. The molecule has 0 amide bonds. The van der Waals surface area contributed by atoms with Crippen LogP contribution in [0.25, 0.3) is 0 Å². The Labute approximate surface area is 129 Å². The molecule has 1 saturated carbocycles. The minimum atomic E-state index is 0.568. The topological polar surface area (TPSA) is 43.2 Å². The Morgan fingerprint density at radius 1 is 1.14 bits per heavy atom. The number of rotatable bonds is 4. The third kappa shape index (κ3) is 2.97. The second-order valence-electron chi connectivity index (χ2n) is 6.00. The molecule has 0 bridgehead atoms. The minimum absolute atomic E-state index is 0.568. The molecule has 1 atom stereocenters. The zero-order valence-corrected chi connectivity index (χ0v) is 13.1. The number of ether oxygens (including phenoxy) is 1. The van der Waals surface area contributed by atoms with E-state index in [1.54, 1.807) is 0 Å². The second kappa shape index (κ2) is 6.01. The van der Waals surface area contributed by atoms with Gasteiger partial charge in [0.05, 0.1) is 13.2 Å². The van der Waals surface area contributed by atoms with Gasteiger partial charge in [-0.15, -0.1) is 10.2 Å². The van der Waals surface area contributed by atoms with E-state index < -0.39 is 0 Å². The van der Waals surface area contributed by atoms with Crippen LogP contribution >= 0.6 is 11.8 Å². The molecule has 1 unspecified atom stereocenters. The average Bonchev–Trinajstić information content (AvgIpc) is 3.30. The normalized spacial score (nSPS) is 26.3. The van der Waals surface area contributed by atoms with Crippen LogP contribution in [0.2, 0.25) is 0 Å². The number of anilines is 1. The van der Waals surface area contributed by atoms with E-state index in [-0.39, 0.29) is 0 Å². The summed E-state index contributed by atoms with van der Waals surface area (Å²) < 4.78 is 7.84. The van der Waals surface area contributed by atoms with Gasteiger partial charge in [-0.2, -0.15) is 0 Å². The lowest BCUT2D eigenvalue weighted by atomic mass is 10.1. The highest BCUT2D eigenvalue weighted by Gasteiger charge is 2.32. The highest BCUT2D eigenvalue weighted by atomic mass is 32.2. The number of nitrogens with zero attached hydrogens (tertiary/aromatic N) is 4. The molecule has 2 fully saturated rings. The van der Waals surface area contributed by atoms with E-state index in [4.69, 9.17) is 4.74 Å². The second-order valence-corrected chi connectivity index (χ2v) is 7.20. The molecule has 21 heavy (non-hydrogen) atoms. The fourth-order valence-electron chi connectivity index (χ4n) is 3.00. The van der Waals surface area contributed by atoms with Gasteiger partial charge in [-0.05, 0) is 32.1 Å². The van der Waals surface area contributed by atoms with Crippen LogP contribution in [0.15, 0.2) is 17.3 Å². The minimum Gasteiger partial charge on any atom is -0.378 e. The largest absolute Gasteiger partial charge is 0.378 e. The van der Waals surface area contributed by atoms with Crippen LogP contribution in [0.4, 0.5) is 5.95 Å². The van der Waals surface area contributed by atoms with Gasteiger partial charge in [0.15, 0.2) is 5.16 Å². The SMILES string of the molecule is C1=CC(Sc2nnc(N3CCOCC3)n2C2CC2)CCC1. The predicted molar refractivity (Wildman–Crippen MR) is 84.0 cm³/mol. The van der Waals surface area contributed by atoms with Crippen LogP contribution in [0.3, 0.4) is 0 Å². The summed E-state index contributed by atoms with van der Waals surface area (Å²) in [6.07, 6.45) is 11.0. The molecule has 3 aliphatic rings. The number of hydrogen-bond donors (Lipinski definition) is 0. The zero-order chi connectivity index (χ0) is 14.1. The molecular weight excluding hydrogens is 284 g/mol. The Morgan fingerprint density at radius 3 is 2.71 bits per heavy atom. The fourth-order valence-corrected chi connectivity index (χ4v) is 4.17. The van der Waals surface area contributed by atoms with Gasteiger partial charge in [-0.25, -0.2) is 0 Å². The molecule has 2 heterocycles. The van der Waals surface area contributed by atoms with E-state index >= 15 is 0 Å². The molecule has 5 nitrogen and oxygen atoms in total. The highest BCUT2D eigenvalue weighted by molar-refractivity contribution is 7.99. The molecule has 0 aromatic carbocycles. The molecule has 2 aliphatic carbocycles. The summed E-state index contributed by atoms with van der Waals surface area (Å²) >= 11 is 1.89. The average molecular weight is 306 g/mol. The van der Waals surface area contributed by atoms with Gasteiger partial charge in [0.2, 0.25) is 5.95 Å². The van der Waals surface area contributed by atoms with E-state index in [9.17, 15) is 0 Å². The first-order valence-electron chi connectivity index (χ1n) is 8.03. The van der Waals surface area contributed by atoms with Crippen molar-refractivity contribution in [2.24, 2.45) is 0 Å². The van der Waals surface area contributed by atoms with Crippen LogP contribution in [-0.4, -0.2) is 46.3 Å². The molecule has 1 aliphatic heterocycles. The lowest BCUT2D eigenvalue weighted by molar-refractivity contribution is 0.121. The van der Waals surface area contributed by atoms with Gasteiger partial charge >= 0.3 is 0 Å². The van der Waals surface area contributed by atoms with E-state index in [0.717, 1.165) is 37.4 Å². The third-order valence-electron chi connectivity index (χ3n) is 4.32. The van der Waals surface area contributed by atoms with E-state index in [1.165, 1.54) is 32.1 Å². The van der Waals surface area contributed by atoms with Crippen LogP contribution < -0.4 is 4.90 Å². The van der Waals surface area contributed by atoms with Gasteiger partial charge in [0.25, 0.3) is 0 Å². The van der Waals surface area contributed by atoms with Crippen LogP contribution in [-0.2, 0) is 4.74 Å². The molecular formula is C15H22N4OS. The lowest BCUT2D eigenvalue weighted by Gasteiger charge is -2.28. The van der Waals surface area contributed by atoms with Crippen molar-refractivity contribution >= 4 is 17.7 Å². The monoisotopic (exact) mass is 306 g/mol. The Bertz CT molecular complexity index is 520. The number of morpholine rings is 1. The van der Waals surface area contributed by atoms with Gasteiger partial charge in [0, 0.05) is 24.4 Å². The van der Waals surface area contributed by atoms with Crippen molar-refractivity contribution in [3.63, 3.8) is 0 Å². The number of allylic oxidation sites excluding steroid dienone is 1. The summed E-state index contributed by atoms with van der Waals surface area (Å²) in [6.45, 7) is 3.45. The molecule has 4 rings (SSSR count). The van der Waals surface area contributed by atoms with Crippen molar-refractivity contribution in [1.82, 2.24) is 14.8 Å². The van der Waals surface area contributed by atoms with Crippen molar-refractivity contribution in [2.75, 3.05) is 31.2 Å². The van der Waals surface area contributed by atoms with Crippen LogP contribution in [0.1, 0.15) is 38.1 Å².